The summed E-state index contributed by atoms with van der Waals surface area (Å²) < 4.78 is 0. The number of nitrogens with one attached hydrogen (secondary N) is 2. The van der Waals surface area contributed by atoms with E-state index in [-0.39, 0.29) is 12.5 Å². The van der Waals surface area contributed by atoms with Gasteiger partial charge in [-0.05, 0) is 43.0 Å². The first-order valence-electron chi connectivity index (χ1n) is 8.66. The van der Waals surface area contributed by atoms with Gasteiger partial charge in [-0.25, -0.2) is 4.79 Å². The lowest BCUT2D eigenvalue weighted by Gasteiger charge is -2.13. The van der Waals surface area contributed by atoms with E-state index in [4.69, 9.17) is 11.6 Å². The van der Waals surface area contributed by atoms with Crippen molar-refractivity contribution in [1.82, 2.24) is 10.2 Å². The van der Waals surface area contributed by atoms with Crippen molar-refractivity contribution in [2.45, 2.75) is 25.8 Å². The fourth-order valence-corrected chi connectivity index (χ4v) is 3.07. The van der Waals surface area contributed by atoms with Gasteiger partial charge in [0.15, 0.2) is 0 Å². The summed E-state index contributed by atoms with van der Waals surface area (Å²) in [5.41, 5.74) is 2.50. The van der Waals surface area contributed by atoms with Gasteiger partial charge in [0.25, 0.3) is 5.91 Å². The van der Waals surface area contributed by atoms with Gasteiger partial charge in [0, 0.05) is 10.7 Å². The van der Waals surface area contributed by atoms with Gasteiger partial charge in [-0.2, -0.15) is 0 Å². The SMILES string of the molecule is Cc1ccc(NC(=O)CN2C(=O)NC(CCc3ccccc3)C2=O)cc1Cl. The second kappa shape index (κ2) is 8.22. The molecule has 6 nitrogen and oxygen atoms in total. The van der Waals surface area contributed by atoms with Gasteiger partial charge in [-0.15, -0.1) is 0 Å². The molecule has 0 aromatic heterocycles. The molecule has 1 aliphatic heterocycles. The molecule has 3 rings (SSSR count). The van der Waals surface area contributed by atoms with E-state index in [9.17, 15) is 14.4 Å². The van der Waals surface area contributed by atoms with E-state index in [0.717, 1.165) is 16.0 Å². The number of carbonyl (C=O) groups is 3. The highest BCUT2D eigenvalue weighted by Crippen LogP contribution is 2.20. The number of rotatable bonds is 6. The second-order valence-electron chi connectivity index (χ2n) is 6.46. The molecule has 1 saturated heterocycles. The number of hydrogen-bond donors (Lipinski definition) is 2. The third kappa shape index (κ3) is 4.65. The largest absolute Gasteiger partial charge is 0.326 e. The second-order valence-corrected chi connectivity index (χ2v) is 6.87. The molecule has 140 valence electrons. The Bertz CT molecular complexity index is 870. The topological polar surface area (TPSA) is 78.5 Å². The molecule has 0 spiro atoms. The number of imide groups is 1. The minimum atomic E-state index is -0.612. The van der Waals surface area contributed by atoms with Crippen LogP contribution < -0.4 is 10.6 Å². The number of hydrogen-bond acceptors (Lipinski definition) is 3. The van der Waals surface area contributed by atoms with Crippen molar-refractivity contribution in [3.63, 3.8) is 0 Å². The molecule has 2 N–H and O–H groups in total. The zero-order chi connectivity index (χ0) is 19.4. The van der Waals surface area contributed by atoms with Crippen LogP contribution in [0.25, 0.3) is 0 Å². The predicted molar refractivity (Wildman–Crippen MR) is 104 cm³/mol. The van der Waals surface area contributed by atoms with Crippen LogP contribution in [-0.4, -0.2) is 35.3 Å². The molecule has 0 saturated carbocycles. The van der Waals surface area contributed by atoms with Crippen molar-refractivity contribution in [1.29, 1.82) is 0 Å². The summed E-state index contributed by atoms with van der Waals surface area (Å²) in [6.45, 7) is 1.52. The van der Waals surface area contributed by atoms with Crippen LogP contribution in [-0.2, 0) is 16.0 Å². The molecule has 1 heterocycles. The number of halogens is 1. The average molecular weight is 386 g/mol. The molecule has 1 unspecified atom stereocenters. The van der Waals surface area contributed by atoms with Crippen LogP contribution in [0.15, 0.2) is 48.5 Å². The van der Waals surface area contributed by atoms with E-state index < -0.39 is 18.0 Å². The lowest BCUT2D eigenvalue weighted by atomic mass is 10.1. The van der Waals surface area contributed by atoms with Crippen LogP contribution in [0.2, 0.25) is 5.02 Å². The first kappa shape index (κ1) is 18.9. The van der Waals surface area contributed by atoms with E-state index in [0.29, 0.717) is 23.6 Å². The Labute approximate surface area is 162 Å². The minimum Gasteiger partial charge on any atom is -0.326 e. The Morgan fingerprint density at radius 2 is 1.93 bits per heavy atom. The molecule has 0 radical (unpaired) electrons. The smallest absolute Gasteiger partial charge is 0.325 e. The van der Waals surface area contributed by atoms with Crippen molar-refractivity contribution < 1.29 is 14.4 Å². The van der Waals surface area contributed by atoms with Gasteiger partial charge >= 0.3 is 6.03 Å². The van der Waals surface area contributed by atoms with Crippen LogP contribution in [0.3, 0.4) is 0 Å². The Balaban J connectivity index is 1.56. The number of carbonyl (C=O) groups excluding carboxylic acids is 3. The summed E-state index contributed by atoms with van der Waals surface area (Å²) >= 11 is 6.04. The molecule has 0 aliphatic carbocycles. The van der Waals surface area contributed by atoms with Crippen molar-refractivity contribution in [3.8, 4) is 0 Å². The number of aryl methyl sites for hydroxylation is 2. The average Bonchev–Trinajstić information content (AvgIpc) is 2.91. The van der Waals surface area contributed by atoms with Gasteiger partial charge in [-0.1, -0.05) is 48.0 Å². The number of urea groups is 1. The number of nitrogens with zero attached hydrogens (tertiary/aromatic N) is 1. The molecule has 27 heavy (non-hydrogen) atoms. The van der Waals surface area contributed by atoms with E-state index in [1.807, 2.05) is 37.3 Å². The van der Waals surface area contributed by atoms with Crippen molar-refractivity contribution in [3.05, 3.63) is 64.7 Å². The van der Waals surface area contributed by atoms with E-state index >= 15 is 0 Å². The molecule has 1 atom stereocenters. The van der Waals surface area contributed by atoms with Crippen molar-refractivity contribution in [2.24, 2.45) is 0 Å². The van der Waals surface area contributed by atoms with Gasteiger partial charge in [0.05, 0.1) is 0 Å². The van der Waals surface area contributed by atoms with Crippen LogP contribution in [0, 0.1) is 6.92 Å². The minimum absolute atomic E-state index is 0.335. The highest BCUT2D eigenvalue weighted by atomic mass is 35.5. The van der Waals surface area contributed by atoms with Crippen LogP contribution >= 0.6 is 11.6 Å². The molecule has 2 aromatic rings. The number of benzene rings is 2. The fraction of sp³-hybridized carbons (Fsp3) is 0.250. The van der Waals surface area contributed by atoms with Gasteiger partial charge in [-0.3, -0.25) is 14.5 Å². The lowest BCUT2D eigenvalue weighted by molar-refractivity contribution is -0.130. The Morgan fingerprint density at radius 3 is 2.63 bits per heavy atom. The molecule has 1 fully saturated rings. The first-order chi connectivity index (χ1) is 12.9. The molecule has 7 heteroatoms. The maximum absolute atomic E-state index is 12.5. The molecular weight excluding hydrogens is 366 g/mol. The van der Waals surface area contributed by atoms with E-state index in [1.165, 1.54) is 0 Å². The molecule has 1 aliphatic rings. The summed E-state index contributed by atoms with van der Waals surface area (Å²) in [5.74, 6) is -0.838. The maximum Gasteiger partial charge on any atom is 0.325 e. The fourth-order valence-electron chi connectivity index (χ4n) is 2.89. The Morgan fingerprint density at radius 1 is 1.19 bits per heavy atom. The third-order valence-electron chi connectivity index (χ3n) is 4.43. The molecule has 4 amide bonds. The van der Waals surface area contributed by atoms with Crippen molar-refractivity contribution in [2.75, 3.05) is 11.9 Å². The molecular formula is C20H20ClN3O3. The Hall–Kier alpha value is -2.86. The number of anilines is 1. The zero-order valence-electron chi connectivity index (χ0n) is 14.9. The number of amides is 4. The highest BCUT2D eigenvalue weighted by molar-refractivity contribution is 6.31. The standard InChI is InChI=1S/C20H20ClN3O3/c1-13-7-9-15(11-16(13)21)22-18(25)12-24-19(26)17(23-20(24)27)10-8-14-5-3-2-4-6-14/h2-7,9,11,17H,8,10,12H2,1H3,(H,22,25)(H,23,27). The van der Waals surface area contributed by atoms with E-state index in [1.54, 1.807) is 18.2 Å². The lowest BCUT2D eigenvalue weighted by Crippen LogP contribution is -2.38. The van der Waals surface area contributed by atoms with Gasteiger partial charge in [0.1, 0.15) is 12.6 Å². The monoisotopic (exact) mass is 385 g/mol. The molecule has 2 aromatic carbocycles. The van der Waals surface area contributed by atoms with Crippen LogP contribution in [0.4, 0.5) is 10.5 Å². The Kier molecular flexibility index (Phi) is 5.76. The van der Waals surface area contributed by atoms with Crippen LogP contribution in [0.5, 0.6) is 0 Å². The van der Waals surface area contributed by atoms with Gasteiger partial charge in [0.2, 0.25) is 5.91 Å². The summed E-state index contributed by atoms with van der Waals surface area (Å²) in [5, 5.41) is 5.83. The first-order valence-corrected chi connectivity index (χ1v) is 9.03. The van der Waals surface area contributed by atoms with Crippen molar-refractivity contribution >= 4 is 35.1 Å². The molecule has 0 bridgehead atoms. The summed E-state index contributed by atoms with van der Waals surface area (Å²) in [4.78, 5) is 37.7. The third-order valence-corrected chi connectivity index (χ3v) is 4.84. The summed E-state index contributed by atoms with van der Waals surface area (Å²) in [6.07, 6.45) is 1.15. The van der Waals surface area contributed by atoms with E-state index in [2.05, 4.69) is 10.6 Å². The quantitative estimate of drug-likeness (QED) is 0.750. The zero-order valence-corrected chi connectivity index (χ0v) is 15.6. The summed E-state index contributed by atoms with van der Waals surface area (Å²) in [7, 11) is 0. The normalized spacial score (nSPS) is 16.4. The maximum atomic E-state index is 12.5. The van der Waals surface area contributed by atoms with Crippen LogP contribution in [0.1, 0.15) is 17.5 Å². The highest BCUT2D eigenvalue weighted by Gasteiger charge is 2.38. The summed E-state index contributed by atoms with van der Waals surface area (Å²) in [6, 6.07) is 13.7. The van der Waals surface area contributed by atoms with Gasteiger partial charge < -0.3 is 10.6 Å². The predicted octanol–water partition coefficient (Wildman–Crippen LogP) is 3.14.